The molecule has 146 valence electrons. The van der Waals surface area contributed by atoms with Crippen LogP contribution in [0.25, 0.3) is 0 Å². The molecule has 1 amide bonds. The van der Waals surface area contributed by atoms with Gasteiger partial charge in [0.1, 0.15) is 5.75 Å². The van der Waals surface area contributed by atoms with Gasteiger partial charge in [-0.3, -0.25) is 4.79 Å². The van der Waals surface area contributed by atoms with Gasteiger partial charge in [0.15, 0.2) is 0 Å². The zero-order valence-corrected chi connectivity index (χ0v) is 17.6. The van der Waals surface area contributed by atoms with Crippen molar-refractivity contribution in [3.63, 3.8) is 0 Å². The number of ether oxygens (including phenoxy) is 1. The van der Waals surface area contributed by atoms with Crippen LogP contribution in [0, 0.1) is 6.92 Å². The zero-order chi connectivity index (χ0) is 20.8. The van der Waals surface area contributed by atoms with Crippen LogP contribution in [0.5, 0.6) is 5.75 Å². The van der Waals surface area contributed by atoms with Gasteiger partial charge in [-0.2, -0.15) is 0 Å². The molecule has 7 heteroatoms. The van der Waals surface area contributed by atoms with Crippen molar-refractivity contribution >= 4 is 46.4 Å². The number of hydrogen-bond acceptors (Lipinski definition) is 3. The predicted molar refractivity (Wildman–Crippen MR) is 117 cm³/mol. The van der Waals surface area contributed by atoms with E-state index in [0.29, 0.717) is 20.8 Å². The van der Waals surface area contributed by atoms with E-state index in [4.69, 9.17) is 45.3 Å². The van der Waals surface area contributed by atoms with E-state index >= 15 is 0 Å². The molecule has 0 unspecified atom stereocenters. The Bertz CT molecular complexity index is 968. The number of likely N-dealkylation sites (N-methyl/N-ethyl adjacent to an activating group) is 1. The topological polar surface area (TPSA) is 55.6 Å². The minimum absolute atomic E-state index is 0.123. The quantitative estimate of drug-likeness (QED) is 0.347. The number of halogens is 3. The third-order valence-electron chi connectivity index (χ3n) is 3.91. The molecule has 2 N–H and O–H groups in total. The fourth-order valence-corrected chi connectivity index (χ4v) is 2.89. The van der Waals surface area contributed by atoms with Crippen LogP contribution in [-0.2, 0) is 4.79 Å². The summed E-state index contributed by atoms with van der Waals surface area (Å²) in [5.41, 5.74) is 7.63. The Balaban J connectivity index is 2.46. The maximum absolute atomic E-state index is 13.1. The van der Waals surface area contributed by atoms with Crippen molar-refractivity contribution in [2.24, 2.45) is 5.73 Å². The number of allylic oxidation sites excluding steroid dienone is 2. The van der Waals surface area contributed by atoms with Crippen LogP contribution in [0.2, 0.25) is 15.1 Å². The van der Waals surface area contributed by atoms with E-state index in [1.54, 1.807) is 43.5 Å². The summed E-state index contributed by atoms with van der Waals surface area (Å²) >= 11 is 18.3. The molecule has 0 atom stereocenters. The first-order valence-corrected chi connectivity index (χ1v) is 9.34. The van der Waals surface area contributed by atoms with E-state index < -0.39 is 0 Å². The lowest BCUT2D eigenvalue weighted by atomic mass is 10.1. The van der Waals surface area contributed by atoms with E-state index in [1.807, 2.05) is 6.92 Å². The molecule has 2 aromatic carbocycles. The lowest BCUT2D eigenvalue weighted by molar-refractivity contribution is -0.114. The molecule has 2 aromatic rings. The number of amides is 1. The molecule has 0 aliphatic heterocycles. The van der Waals surface area contributed by atoms with Crippen molar-refractivity contribution in [3.8, 4) is 5.75 Å². The lowest BCUT2D eigenvalue weighted by Gasteiger charge is -2.21. The number of rotatable bonds is 6. The number of hydrogen-bond donors (Lipinski definition) is 1. The van der Waals surface area contributed by atoms with Crippen molar-refractivity contribution in [2.45, 2.75) is 6.92 Å². The molecule has 0 aliphatic carbocycles. The molecule has 0 saturated heterocycles. The Labute approximate surface area is 179 Å². The number of carbonyl (C=O) groups is 1. The predicted octanol–water partition coefficient (Wildman–Crippen LogP) is 5.91. The molecule has 4 nitrogen and oxygen atoms in total. The summed E-state index contributed by atoms with van der Waals surface area (Å²) in [5, 5.41) is 1.29. The molecule has 2 rings (SSSR count). The molecule has 0 aromatic heterocycles. The number of nitrogens with two attached hydrogens (primary N) is 1. The molecule has 0 heterocycles. The molecule has 0 aliphatic rings. The van der Waals surface area contributed by atoms with E-state index in [2.05, 4.69) is 6.58 Å². The number of anilines is 1. The van der Waals surface area contributed by atoms with Crippen LogP contribution in [-0.4, -0.2) is 13.0 Å². The fourth-order valence-electron chi connectivity index (χ4n) is 2.40. The van der Waals surface area contributed by atoms with Crippen molar-refractivity contribution in [1.29, 1.82) is 0 Å². The van der Waals surface area contributed by atoms with Gasteiger partial charge in [-0.1, -0.05) is 59.6 Å². The first-order chi connectivity index (χ1) is 13.3. The second-order valence-corrected chi connectivity index (χ2v) is 7.05. The first-order valence-electron chi connectivity index (χ1n) is 8.21. The second-order valence-electron chi connectivity index (χ2n) is 5.80. The van der Waals surface area contributed by atoms with E-state index in [-0.39, 0.29) is 23.1 Å². The van der Waals surface area contributed by atoms with Crippen molar-refractivity contribution in [3.05, 3.63) is 93.3 Å². The highest BCUT2D eigenvalue weighted by atomic mass is 35.5. The maximum Gasteiger partial charge on any atom is 0.263 e. The lowest BCUT2D eigenvalue weighted by Crippen LogP contribution is -2.30. The van der Waals surface area contributed by atoms with Gasteiger partial charge in [0.05, 0.1) is 10.6 Å². The summed E-state index contributed by atoms with van der Waals surface area (Å²) in [5.74, 6) is -0.275. The van der Waals surface area contributed by atoms with Crippen LogP contribution >= 0.6 is 34.8 Å². The molecule has 0 spiro atoms. The zero-order valence-electron chi connectivity index (χ0n) is 15.4. The van der Waals surface area contributed by atoms with E-state index in [1.165, 1.54) is 23.1 Å². The highest BCUT2D eigenvalue weighted by molar-refractivity contribution is 6.34. The molecule has 0 saturated carbocycles. The van der Waals surface area contributed by atoms with Crippen LogP contribution < -0.4 is 15.4 Å². The molecular weight excluding hydrogens is 419 g/mol. The molecule has 28 heavy (non-hydrogen) atoms. The van der Waals surface area contributed by atoms with Gasteiger partial charge in [-0.05, 0) is 42.8 Å². The number of nitrogens with zero attached hydrogens (tertiary/aromatic N) is 1. The largest absolute Gasteiger partial charge is 0.439 e. The van der Waals surface area contributed by atoms with Gasteiger partial charge < -0.3 is 15.4 Å². The Morgan fingerprint density at radius 3 is 2.57 bits per heavy atom. The Hall–Kier alpha value is -2.40. The Morgan fingerprint density at radius 1 is 1.18 bits per heavy atom. The van der Waals surface area contributed by atoms with E-state index in [9.17, 15) is 4.79 Å². The normalized spacial score (nSPS) is 11.9. The highest BCUT2D eigenvalue weighted by Gasteiger charge is 2.21. The van der Waals surface area contributed by atoms with Crippen LogP contribution in [0.1, 0.15) is 5.56 Å². The summed E-state index contributed by atoms with van der Waals surface area (Å²) < 4.78 is 5.63. The van der Waals surface area contributed by atoms with Gasteiger partial charge in [0.2, 0.25) is 5.88 Å². The summed E-state index contributed by atoms with van der Waals surface area (Å²) in [7, 11) is 1.63. The van der Waals surface area contributed by atoms with Gasteiger partial charge >= 0.3 is 0 Å². The molecular formula is C21H19Cl3N2O2. The van der Waals surface area contributed by atoms with Crippen molar-refractivity contribution in [2.75, 3.05) is 11.9 Å². The average Bonchev–Trinajstić information content (AvgIpc) is 2.66. The van der Waals surface area contributed by atoms with Gasteiger partial charge in [0, 0.05) is 28.8 Å². The monoisotopic (exact) mass is 436 g/mol. The minimum atomic E-state index is -0.390. The van der Waals surface area contributed by atoms with E-state index in [0.717, 1.165) is 5.56 Å². The minimum Gasteiger partial charge on any atom is -0.439 e. The highest BCUT2D eigenvalue weighted by Crippen LogP contribution is 2.30. The molecule has 0 radical (unpaired) electrons. The SMILES string of the molecule is C=C/C=C\C(C(=O)N(C)c1cccc(Cl)c1C)=C(/N)Oc1cc(Cl)ccc1Cl. The second kappa shape index (κ2) is 9.69. The third-order valence-corrected chi connectivity index (χ3v) is 4.87. The Morgan fingerprint density at radius 2 is 1.89 bits per heavy atom. The van der Waals surface area contributed by atoms with Gasteiger partial charge in [-0.15, -0.1) is 0 Å². The van der Waals surface area contributed by atoms with Crippen molar-refractivity contribution < 1.29 is 9.53 Å². The van der Waals surface area contributed by atoms with Crippen LogP contribution in [0.4, 0.5) is 5.69 Å². The summed E-state index contributed by atoms with van der Waals surface area (Å²) in [4.78, 5) is 14.6. The molecule has 0 bridgehead atoms. The van der Waals surface area contributed by atoms with Crippen LogP contribution in [0.15, 0.2) is 72.7 Å². The maximum atomic E-state index is 13.1. The number of carbonyl (C=O) groups excluding carboxylic acids is 1. The third kappa shape index (κ3) is 5.10. The fraction of sp³-hybridized carbons (Fsp3) is 0.0952. The van der Waals surface area contributed by atoms with Gasteiger partial charge in [0.25, 0.3) is 5.91 Å². The average molecular weight is 438 g/mol. The number of benzene rings is 2. The molecule has 0 fully saturated rings. The first kappa shape index (κ1) is 21.9. The summed E-state index contributed by atoms with van der Waals surface area (Å²) in [6.07, 6.45) is 4.62. The van der Waals surface area contributed by atoms with Gasteiger partial charge in [-0.25, -0.2) is 0 Å². The van der Waals surface area contributed by atoms with Crippen molar-refractivity contribution in [1.82, 2.24) is 0 Å². The van der Waals surface area contributed by atoms with Crippen LogP contribution in [0.3, 0.4) is 0 Å². The Kier molecular flexibility index (Phi) is 7.58. The standard InChI is InChI=1S/C21H19Cl3N2O2/c1-4-5-7-15(20(25)28-19-12-14(22)10-11-17(19)24)21(27)26(3)18-9-6-8-16(23)13(18)2/h4-12H,1,25H2,2-3H3/b7-5-,20-15-. The summed E-state index contributed by atoms with van der Waals surface area (Å²) in [6.45, 7) is 5.45. The summed E-state index contributed by atoms with van der Waals surface area (Å²) in [6, 6.07) is 10.0. The smallest absolute Gasteiger partial charge is 0.263 e.